The fraction of sp³-hybridized carbons (Fsp3) is 0.968. The predicted molar refractivity (Wildman–Crippen MR) is 163 cm³/mol. The minimum Gasteiger partial charge on any atom is -0.427 e. The Balaban J connectivity index is 2.91. The largest absolute Gasteiger partial charge is 0.460 e. The molecule has 0 aromatic heterocycles. The lowest BCUT2D eigenvalue weighted by molar-refractivity contribution is -0.458. The Labute approximate surface area is 307 Å². The highest BCUT2D eigenvalue weighted by Gasteiger charge is 2.96. The van der Waals surface area contributed by atoms with Gasteiger partial charge in [0.1, 0.15) is 0 Å². The van der Waals surface area contributed by atoms with Gasteiger partial charge in [0.15, 0.2) is 6.23 Å². The van der Waals surface area contributed by atoms with Crippen molar-refractivity contribution in [2.24, 2.45) is 0 Å². The van der Waals surface area contributed by atoms with Crippen molar-refractivity contribution in [3.63, 3.8) is 0 Å². The molecule has 55 heavy (non-hydrogen) atoms. The van der Waals surface area contributed by atoms with Gasteiger partial charge in [0, 0.05) is 13.6 Å². The quantitative estimate of drug-likeness (QED) is 0.0642. The average molecular weight is 865 g/mol. The van der Waals surface area contributed by atoms with Crippen molar-refractivity contribution < 1.29 is 92.6 Å². The summed E-state index contributed by atoms with van der Waals surface area (Å²) in [5.41, 5.74) is 0. The molecule has 0 radical (unpaired) electrons. The van der Waals surface area contributed by atoms with Crippen molar-refractivity contribution >= 4 is 16.1 Å². The molecule has 0 aromatic carbocycles. The number of hydrogen-bond donors (Lipinski definition) is 0. The average Bonchev–Trinajstić information content (AvgIpc) is 3.34. The third-order valence-corrected chi connectivity index (χ3v) is 11.2. The smallest absolute Gasteiger partial charge is 0.427 e. The number of nitrogens with zero attached hydrogens (tertiary/aromatic N) is 2. The first-order chi connectivity index (χ1) is 24.8. The van der Waals surface area contributed by atoms with Gasteiger partial charge in [-0.1, -0.05) is 103 Å². The van der Waals surface area contributed by atoms with Gasteiger partial charge in [-0.25, -0.2) is 13.2 Å². The number of amides is 1. The molecule has 1 amide bonds. The molecule has 0 aromatic rings. The molecule has 1 aliphatic rings. The van der Waals surface area contributed by atoms with E-state index in [-0.39, 0.29) is 20.0 Å². The number of hydrogen-bond acceptors (Lipinski definition) is 4. The third kappa shape index (κ3) is 10.00. The summed E-state index contributed by atoms with van der Waals surface area (Å²) >= 11 is 0. The minimum atomic E-state index is -8.93. The van der Waals surface area contributed by atoms with Gasteiger partial charge in [-0.3, -0.25) is 0 Å². The van der Waals surface area contributed by atoms with Gasteiger partial charge < -0.3 is 9.64 Å². The van der Waals surface area contributed by atoms with Gasteiger partial charge >= 0.3 is 53.1 Å². The number of rotatable bonds is 26. The third-order valence-electron chi connectivity index (χ3n) is 9.37. The molecule has 0 N–H and O–H groups in total. The Hall–Kier alpha value is -2.01. The highest BCUT2D eigenvalue weighted by Crippen LogP contribution is 2.64. The van der Waals surface area contributed by atoms with Gasteiger partial charge in [-0.15, -0.1) is 0 Å². The number of ether oxygens (including phenoxy) is 1. The summed E-state index contributed by atoms with van der Waals surface area (Å²) in [6.45, 7) is 2.78. The van der Waals surface area contributed by atoms with Crippen molar-refractivity contribution in [3.8, 4) is 0 Å². The van der Waals surface area contributed by atoms with Crippen LogP contribution >= 0.6 is 0 Å². The van der Waals surface area contributed by atoms with Crippen LogP contribution < -0.4 is 0 Å². The number of alkyl halides is 17. The standard InChI is InChI=1S/C31H45F17N2O4S/c1-4-5-6-7-8-9-10-11-12-13-14-15-16-17-18-19-20-50-21(2)22(54-23(50)51)49(3)55(52,53)31(47,48)29(42,43)27(38,39)25(34,35)24(32,33)26(36,37)28(40,41)30(44,45)46/h21-22H,4-20H2,1-3H3. The maximum absolute atomic E-state index is 14.7. The van der Waals surface area contributed by atoms with E-state index in [0.717, 1.165) is 45.4 Å². The molecule has 0 bridgehead atoms. The van der Waals surface area contributed by atoms with Gasteiger partial charge in [0.05, 0.1) is 6.04 Å². The summed E-state index contributed by atoms with van der Waals surface area (Å²) in [4.78, 5) is 13.0. The Bertz CT molecular complexity index is 1330. The van der Waals surface area contributed by atoms with Crippen molar-refractivity contribution in [1.29, 1.82) is 0 Å². The zero-order valence-corrected chi connectivity index (χ0v) is 30.9. The SMILES string of the molecule is CCCCCCCCCCCCCCCCCCN1C(=O)OC(N(C)S(=O)(=O)C(F)(F)C(F)(F)C(F)(F)C(F)(F)C(F)(F)C(F)(F)C(F)(F)C(F)(F)F)C1C. The molecule has 6 nitrogen and oxygen atoms in total. The summed E-state index contributed by atoms with van der Waals surface area (Å²) in [5.74, 6) is -52.2. The lowest BCUT2D eigenvalue weighted by atomic mass is 9.91. The molecule has 1 saturated heterocycles. The monoisotopic (exact) mass is 864 g/mol. The van der Waals surface area contributed by atoms with Gasteiger partial charge in [-0.2, -0.15) is 78.9 Å². The number of unbranched alkanes of at least 4 members (excludes halogenated alkanes) is 15. The second-order valence-electron chi connectivity index (χ2n) is 13.5. The van der Waals surface area contributed by atoms with Crippen LogP contribution in [-0.4, -0.2) is 96.5 Å². The van der Waals surface area contributed by atoms with Crippen molar-refractivity contribution in [1.82, 2.24) is 9.21 Å². The van der Waals surface area contributed by atoms with E-state index in [1.807, 2.05) is 0 Å². The van der Waals surface area contributed by atoms with E-state index in [4.69, 9.17) is 0 Å². The van der Waals surface area contributed by atoms with Crippen LogP contribution in [0.5, 0.6) is 0 Å². The van der Waals surface area contributed by atoms with E-state index in [1.165, 1.54) is 44.9 Å². The van der Waals surface area contributed by atoms with Crippen LogP contribution in [0.4, 0.5) is 79.4 Å². The molecule has 0 spiro atoms. The Morgan fingerprint density at radius 2 is 0.855 bits per heavy atom. The van der Waals surface area contributed by atoms with E-state index >= 15 is 0 Å². The predicted octanol–water partition coefficient (Wildman–Crippen LogP) is 11.6. The molecule has 1 aliphatic heterocycles. The van der Waals surface area contributed by atoms with Crippen LogP contribution in [0.3, 0.4) is 0 Å². The Kier molecular flexibility index (Phi) is 17.4. The summed E-state index contributed by atoms with van der Waals surface area (Å²) < 4.78 is 261. The minimum absolute atomic E-state index is 0.130. The molecule has 2 atom stereocenters. The van der Waals surface area contributed by atoms with E-state index in [0.29, 0.717) is 17.7 Å². The maximum atomic E-state index is 14.7. The highest BCUT2D eigenvalue weighted by molar-refractivity contribution is 7.90. The second-order valence-corrected chi connectivity index (χ2v) is 15.5. The topological polar surface area (TPSA) is 66.9 Å². The maximum Gasteiger partial charge on any atom is 0.460 e. The van der Waals surface area contributed by atoms with Crippen LogP contribution in [0.2, 0.25) is 0 Å². The lowest BCUT2D eigenvalue weighted by Crippen LogP contribution is -2.75. The summed E-state index contributed by atoms with van der Waals surface area (Å²) in [6, 6.07) is -1.69. The summed E-state index contributed by atoms with van der Waals surface area (Å²) in [7, 11) is -7.75. The van der Waals surface area contributed by atoms with Crippen LogP contribution in [0, 0.1) is 0 Å². The van der Waals surface area contributed by atoms with Gasteiger partial charge in [-0.05, 0) is 13.3 Å². The fourth-order valence-corrected chi connectivity index (χ4v) is 7.03. The molecule has 24 heteroatoms. The second kappa shape index (κ2) is 18.7. The first-order valence-corrected chi connectivity index (χ1v) is 18.9. The molecular weight excluding hydrogens is 819 g/mol. The normalized spacial score (nSPS) is 18.8. The zero-order valence-electron chi connectivity index (χ0n) is 30.0. The van der Waals surface area contributed by atoms with E-state index in [2.05, 4.69) is 11.7 Å². The van der Waals surface area contributed by atoms with Crippen LogP contribution in [-0.2, 0) is 14.8 Å². The molecule has 328 valence electrons. The number of cyclic esters (lactones) is 1. The highest BCUT2D eigenvalue weighted by atomic mass is 32.2. The van der Waals surface area contributed by atoms with Crippen molar-refractivity contribution in [2.75, 3.05) is 13.6 Å². The van der Waals surface area contributed by atoms with Gasteiger partial charge in [0.25, 0.3) is 10.0 Å². The van der Waals surface area contributed by atoms with E-state index in [1.54, 1.807) is 0 Å². The number of likely N-dealkylation sites (N-methyl/N-ethyl adjacent to an activating group) is 1. The molecular formula is C31H45F17N2O4S. The van der Waals surface area contributed by atoms with E-state index in [9.17, 15) is 87.8 Å². The van der Waals surface area contributed by atoms with Gasteiger partial charge in [0.2, 0.25) is 0 Å². The number of carbonyl (C=O) groups is 1. The van der Waals surface area contributed by atoms with Crippen LogP contribution in [0.1, 0.15) is 117 Å². The number of carbonyl (C=O) groups excluding carboxylic acids is 1. The molecule has 1 fully saturated rings. The lowest BCUT2D eigenvalue weighted by Gasteiger charge is -2.43. The van der Waals surface area contributed by atoms with Crippen LogP contribution in [0.25, 0.3) is 0 Å². The molecule has 1 heterocycles. The van der Waals surface area contributed by atoms with E-state index < -0.39 is 79.7 Å². The van der Waals surface area contributed by atoms with Crippen LogP contribution in [0.15, 0.2) is 0 Å². The first kappa shape index (κ1) is 51.0. The molecule has 0 saturated carbocycles. The van der Waals surface area contributed by atoms with Crippen molar-refractivity contribution in [3.05, 3.63) is 0 Å². The Morgan fingerprint density at radius 1 is 0.545 bits per heavy atom. The molecule has 1 rings (SSSR count). The molecule has 0 aliphatic carbocycles. The first-order valence-electron chi connectivity index (χ1n) is 17.4. The zero-order chi connectivity index (χ0) is 43.1. The van der Waals surface area contributed by atoms with Crippen molar-refractivity contribution in [2.45, 2.75) is 176 Å². The number of sulfonamides is 1. The summed E-state index contributed by atoms with van der Waals surface area (Å²) in [6.07, 6.45) is 3.79. The molecule has 2 unspecified atom stereocenters. The fourth-order valence-electron chi connectivity index (χ4n) is 5.72. The number of halogens is 17. The Morgan fingerprint density at radius 3 is 1.20 bits per heavy atom. The summed E-state index contributed by atoms with van der Waals surface area (Å²) in [5, 5.41) is -7.74.